The summed E-state index contributed by atoms with van der Waals surface area (Å²) >= 11 is 0. The summed E-state index contributed by atoms with van der Waals surface area (Å²) in [4.78, 5) is 34.2. The van der Waals surface area contributed by atoms with Gasteiger partial charge in [0.25, 0.3) is 5.78 Å². The van der Waals surface area contributed by atoms with Crippen molar-refractivity contribution in [3.05, 3.63) is 45.3 Å². The first-order valence-electron chi connectivity index (χ1n) is 5.57. The van der Waals surface area contributed by atoms with Crippen molar-refractivity contribution in [2.75, 3.05) is 7.05 Å². The quantitative estimate of drug-likeness (QED) is 0.660. The molecule has 0 aliphatic rings. The second-order valence-corrected chi connectivity index (χ2v) is 4.16. The fourth-order valence-electron chi connectivity index (χ4n) is 1.94. The van der Waals surface area contributed by atoms with Crippen molar-refractivity contribution in [1.82, 2.24) is 4.57 Å². The average molecular weight is 366 g/mol. The van der Waals surface area contributed by atoms with Gasteiger partial charge in [-0.1, -0.05) is 0 Å². The minimum Gasteiger partial charge on any atom is -0.684 e. The van der Waals surface area contributed by atoms with Crippen LogP contribution >= 0.6 is 0 Å². The van der Waals surface area contributed by atoms with Crippen LogP contribution < -0.4 is 5.43 Å². The van der Waals surface area contributed by atoms with Gasteiger partial charge in [-0.25, -0.2) is 9.18 Å². The van der Waals surface area contributed by atoms with E-state index in [1.807, 2.05) is 0 Å². The normalized spacial score (nSPS) is 10.0. The SMILES string of the molecule is C[N-]c1cc2c(cc1F)c(=O)c(C(=O)C(=O)O)cn2C.[Y]. The van der Waals surface area contributed by atoms with Gasteiger partial charge in [-0.15, -0.1) is 12.7 Å². The van der Waals surface area contributed by atoms with E-state index in [-0.39, 0.29) is 43.8 Å². The molecule has 2 rings (SSSR count). The number of benzene rings is 1. The number of ketones is 1. The Bertz CT molecular complexity index is 801. The topological polar surface area (TPSA) is 90.5 Å². The minimum absolute atomic E-state index is 0. The number of carbonyl (C=O) groups excluding carboxylic acids is 1. The van der Waals surface area contributed by atoms with Crippen LogP contribution in [0.1, 0.15) is 10.4 Å². The largest absolute Gasteiger partial charge is 0.684 e. The Morgan fingerprint density at radius 2 is 1.95 bits per heavy atom. The number of rotatable bonds is 3. The standard InChI is InChI=1S/C13H11FN2O4.Y/c1-15-9-4-10-6(3-8(9)14)11(17)7(5-16(10)2)12(18)13(19)20;/h3-5H,1-2H3,(H2,15,17,19,20);/p-1. The van der Waals surface area contributed by atoms with Gasteiger partial charge in [-0.2, -0.15) is 0 Å². The molecule has 1 aromatic carbocycles. The van der Waals surface area contributed by atoms with Crippen LogP contribution in [0.2, 0.25) is 0 Å². The molecule has 0 saturated heterocycles. The zero-order chi connectivity index (χ0) is 15.0. The molecule has 0 bridgehead atoms. The number of aryl methyl sites for hydroxylation is 1. The molecule has 6 nitrogen and oxygen atoms in total. The van der Waals surface area contributed by atoms with Gasteiger partial charge < -0.3 is 15.0 Å². The molecule has 0 atom stereocenters. The van der Waals surface area contributed by atoms with E-state index in [0.29, 0.717) is 5.52 Å². The molecule has 0 aliphatic carbocycles. The number of fused-ring (bicyclic) bond motifs is 1. The summed E-state index contributed by atoms with van der Waals surface area (Å²) in [7, 11) is 2.93. The predicted molar refractivity (Wildman–Crippen MR) is 70.1 cm³/mol. The zero-order valence-electron chi connectivity index (χ0n) is 11.3. The van der Waals surface area contributed by atoms with Gasteiger partial charge in [0, 0.05) is 51.3 Å². The Labute approximate surface area is 143 Å². The first-order valence-corrected chi connectivity index (χ1v) is 5.57. The van der Waals surface area contributed by atoms with Crippen molar-refractivity contribution >= 4 is 28.3 Å². The summed E-state index contributed by atoms with van der Waals surface area (Å²) in [5, 5.41) is 12.3. The molecule has 21 heavy (non-hydrogen) atoms. The van der Waals surface area contributed by atoms with Crippen LogP contribution in [0.25, 0.3) is 16.2 Å². The van der Waals surface area contributed by atoms with Crippen molar-refractivity contribution in [2.45, 2.75) is 0 Å². The Hall–Kier alpha value is -1.60. The predicted octanol–water partition coefficient (Wildman–Crippen LogP) is 1.58. The molecule has 0 unspecified atom stereocenters. The number of hydrogen-bond acceptors (Lipinski definition) is 3. The molecule has 0 spiro atoms. The molecule has 0 amide bonds. The van der Waals surface area contributed by atoms with Gasteiger partial charge in [0.1, 0.15) is 5.82 Å². The number of carboxylic acids is 1. The molecular formula is C13H10FN2O4Y-. The second-order valence-electron chi connectivity index (χ2n) is 4.16. The summed E-state index contributed by atoms with van der Waals surface area (Å²) < 4.78 is 15.1. The monoisotopic (exact) mass is 366 g/mol. The third-order valence-electron chi connectivity index (χ3n) is 2.94. The van der Waals surface area contributed by atoms with Gasteiger partial charge >= 0.3 is 5.97 Å². The van der Waals surface area contributed by atoms with E-state index < -0.39 is 28.6 Å². The van der Waals surface area contributed by atoms with Crippen LogP contribution in [0.4, 0.5) is 10.1 Å². The summed E-state index contributed by atoms with van der Waals surface area (Å²) in [5.74, 6) is -3.77. The maximum Gasteiger partial charge on any atom is 0.377 e. The van der Waals surface area contributed by atoms with E-state index >= 15 is 0 Å². The molecule has 1 radical (unpaired) electrons. The number of hydrogen-bond donors (Lipinski definition) is 1. The molecule has 1 aromatic heterocycles. The Balaban J connectivity index is 0.00000220. The van der Waals surface area contributed by atoms with Crippen molar-refractivity contribution in [2.24, 2.45) is 7.05 Å². The number of halogens is 1. The van der Waals surface area contributed by atoms with Gasteiger partial charge in [0.2, 0.25) is 5.43 Å². The molecule has 0 fully saturated rings. The second kappa shape index (κ2) is 6.45. The van der Waals surface area contributed by atoms with E-state index in [4.69, 9.17) is 5.11 Å². The van der Waals surface area contributed by atoms with E-state index in [2.05, 4.69) is 5.32 Å². The van der Waals surface area contributed by atoms with Crippen molar-refractivity contribution in [3.63, 3.8) is 0 Å². The summed E-state index contributed by atoms with van der Waals surface area (Å²) in [6.07, 6.45) is 1.12. The number of carbonyl (C=O) groups is 2. The molecule has 1 N–H and O–H groups in total. The maximum atomic E-state index is 13.7. The summed E-state index contributed by atoms with van der Waals surface area (Å²) in [6.45, 7) is 0. The van der Waals surface area contributed by atoms with Crippen LogP contribution in [0, 0.1) is 5.82 Å². The molecule has 0 aliphatic heterocycles. The molecule has 2 aromatic rings. The number of pyridine rings is 1. The molecular weight excluding hydrogens is 356 g/mol. The molecule has 107 valence electrons. The van der Waals surface area contributed by atoms with Crippen molar-refractivity contribution < 1.29 is 51.8 Å². The first-order chi connectivity index (χ1) is 9.36. The average Bonchev–Trinajstić information content (AvgIpc) is 2.41. The Kier molecular flexibility index (Phi) is 5.36. The third kappa shape index (κ3) is 3.03. The van der Waals surface area contributed by atoms with Crippen LogP contribution in [0.3, 0.4) is 0 Å². The summed E-state index contributed by atoms with van der Waals surface area (Å²) in [6, 6.07) is 2.32. The smallest absolute Gasteiger partial charge is 0.377 e. The van der Waals surface area contributed by atoms with Crippen molar-refractivity contribution in [3.8, 4) is 0 Å². The maximum absolute atomic E-state index is 13.7. The number of carboxylic acid groups (broad SMARTS) is 1. The summed E-state index contributed by atoms with van der Waals surface area (Å²) in [5.41, 5.74) is -0.885. The van der Waals surface area contributed by atoms with E-state index in [1.54, 1.807) is 0 Å². The first kappa shape index (κ1) is 17.5. The van der Waals surface area contributed by atoms with Gasteiger partial charge in [0.05, 0.1) is 11.1 Å². The minimum atomic E-state index is -1.73. The van der Waals surface area contributed by atoms with Gasteiger partial charge in [0.15, 0.2) is 0 Å². The van der Waals surface area contributed by atoms with Gasteiger partial charge in [-0.3, -0.25) is 9.59 Å². The van der Waals surface area contributed by atoms with Crippen LogP contribution in [-0.2, 0) is 44.6 Å². The Morgan fingerprint density at radius 1 is 1.33 bits per heavy atom. The number of aromatic nitrogens is 1. The molecule has 1 heterocycles. The van der Waals surface area contributed by atoms with E-state index in [1.165, 1.54) is 24.7 Å². The fourth-order valence-corrected chi connectivity index (χ4v) is 1.94. The van der Waals surface area contributed by atoms with Crippen LogP contribution in [0.15, 0.2) is 23.1 Å². The molecule has 8 heteroatoms. The van der Waals surface area contributed by atoms with Gasteiger partial charge in [-0.05, 0) is 12.1 Å². The number of Topliss-reactive ketones (excluding diaryl/α,β-unsaturated/α-hetero) is 1. The van der Waals surface area contributed by atoms with E-state index in [0.717, 1.165) is 12.3 Å². The zero-order valence-corrected chi connectivity index (χ0v) is 14.1. The Morgan fingerprint density at radius 3 is 2.48 bits per heavy atom. The third-order valence-corrected chi connectivity index (χ3v) is 2.94. The van der Waals surface area contributed by atoms with Crippen molar-refractivity contribution in [1.29, 1.82) is 0 Å². The van der Waals surface area contributed by atoms with E-state index in [9.17, 15) is 18.8 Å². The van der Waals surface area contributed by atoms with Crippen LogP contribution in [-0.4, -0.2) is 28.5 Å². The van der Waals surface area contributed by atoms with Crippen LogP contribution in [0.5, 0.6) is 0 Å². The number of aliphatic carboxylic acids is 1. The number of nitrogens with zero attached hydrogens (tertiary/aromatic N) is 2. The fraction of sp³-hybridized carbons (Fsp3) is 0.154. The molecule has 0 saturated carbocycles.